The summed E-state index contributed by atoms with van der Waals surface area (Å²) in [5.41, 5.74) is 6.53. The second-order valence-electron chi connectivity index (χ2n) is 3.61. The van der Waals surface area contributed by atoms with Gasteiger partial charge in [0, 0.05) is 12.3 Å². The summed E-state index contributed by atoms with van der Waals surface area (Å²) in [5.74, 6) is 0.597. The molecule has 1 aliphatic rings. The molecule has 0 aliphatic heterocycles. The molecule has 2 rings (SSSR count). The summed E-state index contributed by atoms with van der Waals surface area (Å²) >= 11 is 5.04. The maximum absolute atomic E-state index is 5.87. The van der Waals surface area contributed by atoms with Crippen LogP contribution in [0, 0.1) is 13.3 Å². The quantitative estimate of drug-likeness (QED) is 0.618. The van der Waals surface area contributed by atoms with E-state index in [1.807, 2.05) is 0 Å². The first-order chi connectivity index (χ1) is 7.63. The van der Waals surface area contributed by atoms with Gasteiger partial charge in [0.2, 0.25) is 0 Å². The number of allylic oxidation sites excluding steroid dienone is 1. The van der Waals surface area contributed by atoms with Crippen LogP contribution in [-0.4, -0.2) is 0 Å². The van der Waals surface area contributed by atoms with E-state index in [4.69, 9.17) is 28.6 Å². The van der Waals surface area contributed by atoms with Crippen molar-refractivity contribution in [3.63, 3.8) is 0 Å². The van der Waals surface area contributed by atoms with Crippen LogP contribution in [0.1, 0.15) is 29.2 Å². The van der Waals surface area contributed by atoms with E-state index in [2.05, 4.69) is 38.5 Å². The third-order valence-corrected chi connectivity index (χ3v) is 2.77. The summed E-state index contributed by atoms with van der Waals surface area (Å²) in [4.78, 5) is 0. The van der Waals surface area contributed by atoms with Crippen molar-refractivity contribution in [1.29, 1.82) is 0 Å². The van der Waals surface area contributed by atoms with Gasteiger partial charge in [-0.3, -0.25) is 0 Å². The summed E-state index contributed by atoms with van der Waals surface area (Å²) < 4.78 is 0. The molecule has 0 heterocycles. The summed E-state index contributed by atoms with van der Waals surface area (Å²) in [6.45, 7) is 4.26. The molecule has 0 bridgehead atoms. The summed E-state index contributed by atoms with van der Waals surface area (Å²) in [6, 6.07) is 4.25. The van der Waals surface area contributed by atoms with E-state index < -0.39 is 20.8 Å². The topological polar surface area (TPSA) is 0 Å². The Labute approximate surface area is 121 Å². The molecule has 0 saturated heterocycles. The van der Waals surface area contributed by atoms with Gasteiger partial charge in [0.05, 0.1) is 0 Å². The Kier molecular flexibility index (Phi) is 6.66. The molecule has 0 nitrogen and oxygen atoms in total. The average Bonchev–Trinajstić information content (AvgIpc) is 2.62. The Bertz CT molecular complexity index is 399. The van der Waals surface area contributed by atoms with E-state index in [1.54, 1.807) is 0 Å². The SMILES string of the molecule is CC1=Cc2c(CCl)ccc(C)c2[CH]1.[Cl][Zr][Cl]. The Balaban J connectivity index is 0.000000386. The zero-order valence-corrected chi connectivity index (χ0v) is 13.9. The van der Waals surface area contributed by atoms with E-state index in [0.717, 1.165) is 0 Å². The molecule has 1 aliphatic carbocycles. The average molecular weight is 354 g/mol. The first-order valence-corrected chi connectivity index (χ1v) is 11.7. The van der Waals surface area contributed by atoms with E-state index >= 15 is 0 Å². The fourth-order valence-electron chi connectivity index (χ4n) is 1.77. The van der Waals surface area contributed by atoms with Crippen molar-refractivity contribution in [3.8, 4) is 0 Å². The van der Waals surface area contributed by atoms with Crippen molar-refractivity contribution >= 4 is 34.7 Å². The molecule has 0 atom stereocenters. The zero-order valence-electron chi connectivity index (χ0n) is 9.15. The summed E-state index contributed by atoms with van der Waals surface area (Å²) in [5, 5.41) is 0. The maximum atomic E-state index is 5.87. The van der Waals surface area contributed by atoms with Crippen molar-refractivity contribution in [2.45, 2.75) is 19.7 Å². The number of fused-ring (bicyclic) bond motifs is 1. The van der Waals surface area contributed by atoms with Gasteiger partial charge >= 0.3 is 37.9 Å². The van der Waals surface area contributed by atoms with E-state index in [9.17, 15) is 0 Å². The molecular weight excluding hydrogens is 342 g/mol. The molecule has 0 fully saturated rings. The number of halogens is 3. The standard InChI is InChI=1S/C12H12Cl.2ClH.Zr/c1-8-5-11-9(2)3-4-10(7-13)12(11)6-8;;;/h3-6H,7H2,1-2H3;2*1H;/q;;;+2/p-2. The molecule has 1 radical (unpaired) electrons. The fourth-order valence-corrected chi connectivity index (χ4v) is 2.00. The van der Waals surface area contributed by atoms with E-state index in [-0.39, 0.29) is 0 Å². The third-order valence-electron chi connectivity index (χ3n) is 2.48. The van der Waals surface area contributed by atoms with Gasteiger partial charge in [0.15, 0.2) is 0 Å². The van der Waals surface area contributed by atoms with E-state index in [1.165, 1.54) is 27.8 Å². The first-order valence-electron chi connectivity index (χ1n) is 4.81. The van der Waals surface area contributed by atoms with Gasteiger partial charge in [-0.2, -0.15) is 0 Å². The minimum absolute atomic E-state index is 0.597. The first kappa shape index (κ1) is 14.8. The van der Waals surface area contributed by atoms with Gasteiger partial charge in [0.25, 0.3) is 0 Å². The molecule has 85 valence electrons. The predicted molar refractivity (Wildman–Crippen MR) is 69.5 cm³/mol. The number of rotatable bonds is 1. The molecule has 0 unspecified atom stereocenters. The monoisotopic (exact) mass is 351 g/mol. The molecule has 0 saturated carbocycles. The van der Waals surface area contributed by atoms with Gasteiger partial charge < -0.3 is 0 Å². The van der Waals surface area contributed by atoms with Crippen LogP contribution in [0.5, 0.6) is 0 Å². The van der Waals surface area contributed by atoms with Gasteiger partial charge in [-0.1, -0.05) is 23.8 Å². The predicted octanol–water partition coefficient (Wildman–Crippen LogP) is 5.08. The zero-order chi connectivity index (χ0) is 12.1. The van der Waals surface area contributed by atoms with Crippen LogP contribution in [0.3, 0.4) is 0 Å². The fraction of sp³-hybridized carbons (Fsp3) is 0.250. The number of benzene rings is 1. The van der Waals surface area contributed by atoms with Gasteiger partial charge in [-0.25, -0.2) is 0 Å². The summed E-state index contributed by atoms with van der Waals surface area (Å²) in [6.07, 6.45) is 4.43. The minimum atomic E-state index is -0.826. The van der Waals surface area contributed by atoms with Gasteiger partial charge in [0.1, 0.15) is 0 Å². The van der Waals surface area contributed by atoms with E-state index in [0.29, 0.717) is 5.88 Å². The normalized spacial score (nSPS) is 12.4. The molecular formula is C12H12Cl3Zr. The van der Waals surface area contributed by atoms with Crippen molar-refractivity contribution in [2.75, 3.05) is 0 Å². The van der Waals surface area contributed by atoms with Crippen molar-refractivity contribution in [3.05, 3.63) is 46.4 Å². The Hall–Kier alpha value is 0.713. The van der Waals surface area contributed by atoms with Crippen LogP contribution >= 0.6 is 28.6 Å². The molecule has 4 heteroatoms. The summed E-state index contributed by atoms with van der Waals surface area (Å²) in [7, 11) is 9.87. The van der Waals surface area contributed by atoms with Gasteiger partial charge in [-0.15, -0.1) is 11.6 Å². The molecule has 0 spiro atoms. The number of hydrogen-bond donors (Lipinski definition) is 0. The molecule has 0 amide bonds. The van der Waals surface area contributed by atoms with Crippen molar-refractivity contribution in [1.82, 2.24) is 0 Å². The van der Waals surface area contributed by atoms with Crippen LogP contribution in [0.15, 0.2) is 17.7 Å². The second kappa shape index (κ2) is 7.21. The Morgan fingerprint density at radius 1 is 1.12 bits per heavy atom. The molecule has 0 aromatic heterocycles. The molecule has 0 N–H and O–H groups in total. The van der Waals surface area contributed by atoms with Crippen LogP contribution < -0.4 is 0 Å². The second-order valence-corrected chi connectivity index (χ2v) is 7.61. The van der Waals surface area contributed by atoms with Crippen LogP contribution in [0.4, 0.5) is 0 Å². The van der Waals surface area contributed by atoms with Crippen LogP contribution in [0.2, 0.25) is 0 Å². The van der Waals surface area contributed by atoms with Crippen molar-refractivity contribution in [2.24, 2.45) is 0 Å². The molecule has 16 heavy (non-hydrogen) atoms. The van der Waals surface area contributed by atoms with Crippen molar-refractivity contribution < 1.29 is 20.8 Å². The number of alkyl halides is 1. The van der Waals surface area contributed by atoms with Crippen LogP contribution in [0.25, 0.3) is 6.08 Å². The number of aryl methyl sites for hydroxylation is 1. The Morgan fingerprint density at radius 2 is 1.75 bits per heavy atom. The van der Waals surface area contributed by atoms with Crippen LogP contribution in [-0.2, 0) is 26.7 Å². The third kappa shape index (κ3) is 3.60. The number of hydrogen-bond acceptors (Lipinski definition) is 0. The molecule has 1 aromatic carbocycles. The Morgan fingerprint density at radius 3 is 2.31 bits per heavy atom. The van der Waals surface area contributed by atoms with Gasteiger partial charge in [-0.05, 0) is 36.1 Å². The molecule has 1 aromatic rings.